The number of pyridine rings is 1. The molecule has 0 saturated carbocycles. The van der Waals surface area contributed by atoms with E-state index < -0.39 is 0 Å². The monoisotopic (exact) mass is 246 g/mol. The quantitative estimate of drug-likeness (QED) is 0.822. The van der Waals surface area contributed by atoms with Crippen molar-refractivity contribution in [2.45, 2.75) is 17.7 Å². The van der Waals surface area contributed by atoms with E-state index >= 15 is 0 Å². The first kappa shape index (κ1) is 11.9. The Morgan fingerprint density at radius 2 is 2.12 bits per heavy atom. The van der Waals surface area contributed by atoms with Crippen LogP contribution in [-0.4, -0.2) is 21.5 Å². The normalized spacial score (nSPS) is 10.2. The lowest BCUT2D eigenvalue weighted by Crippen LogP contribution is -2.00. The Hall–Kier alpha value is -1.62. The summed E-state index contributed by atoms with van der Waals surface area (Å²) in [6.45, 7) is 2.89. The SMILES string of the molecule is CCNc1cnc(CSc2ccccn2)cn1. The lowest BCUT2D eigenvalue weighted by Gasteiger charge is -2.03. The molecule has 0 spiro atoms. The molecular formula is C12H14N4S. The summed E-state index contributed by atoms with van der Waals surface area (Å²) in [5.41, 5.74) is 0.960. The third-order valence-electron chi connectivity index (χ3n) is 2.07. The predicted molar refractivity (Wildman–Crippen MR) is 70.0 cm³/mol. The lowest BCUT2D eigenvalue weighted by atomic mass is 10.5. The summed E-state index contributed by atoms with van der Waals surface area (Å²) in [7, 11) is 0. The van der Waals surface area contributed by atoms with Gasteiger partial charge in [0.25, 0.3) is 0 Å². The van der Waals surface area contributed by atoms with Crippen molar-refractivity contribution in [3.05, 3.63) is 42.5 Å². The van der Waals surface area contributed by atoms with Crippen LogP contribution in [0, 0.1) is 0 Å². The minimum Gasteiger partial charge on any atom is -0.369 e. The van der Waals surface area contributed by atoms with Crippen molar-refractivity contribution >= 4 is 17.6 Å². The molecule has 0 radical (unpaired) electrons. The Bertz CT molecular complexity index is 444. The van der Waals surface area contributed by atoms with E-state index in [1.54, 1.807) is 30.4 Å². The van der Waals surface area contributed by atoms with Crippen molar-refractivity contribution in [2.24, 2.45) is 0 Å². The Balaban J connectivity index is 1.91. The van der Waals surface area contributed by atoms with Gasteiger partial charge in [0.2, 0.25) is 0 Å². The molecule has 0 atom stereocenters. The van der Waals surface area contributed by atoms with Gasteiger partial charge in [-0.25, -0.2) is 9.97 Å². The van der Waals surface area contributed by atoms with E-state index in [4.69, 9.17) is 0 Å². The molecule has 17 heavy (non-hydrogen) atoms. The number of thioether (sulfide) groups is 1. The highest BCUT2D eigenvalue weighted by molar-refractivity contribution is 7.98. The van der Waals surface area contributed by atoms with Gasteiger partial charge in [-0.3, -0.25) is 4.98 Å². The van der Waals surface area contributed by atoms with E-state index in [1.165, 1.54) is 0 Å². The average molecular weight is 246 g/mol. The summed E-state index contributed by atoms with van der Waals surface area (Å²) in [6, 6.07) is 5.88. The maximum atomic E-state index is 4.34. The molecule has 0 aromatic carbocycles. The van der Waals surface area contributed by atoms with Gasteiger partial charge in [-0.05, 0) is 19.1 Å². The fraction of sp³-hybridized carbons (Fsp3) is 0.250. The molecule has 0 bridgehead atoms. The molecule has 88 valence electrons. The number of hydrogen-bond donors (Lipinski definition) is 1. The third kappa shape index (κ3) is 3.71. The second-order valence-corrected chi connectivity index (χ2v) is 4.38. The summed E-state index contributed by atoms with van der Waals surface area (Å²) in [5, 5.41) is 4.12. The highest BCUT2D eigenvalue weighted by atomic mass is 32.2. The zero-order valence-corrected chi connectivity index (χ0v) is 10.4. The third-order valence-corrected chi connectivity index (χ3v) is 3.05. The predicted octanol–water partition coefficient (Wildman–Crippen LogP) is 2.60. The maximum Gasteiger partial charge on any atom is 0.144 e. The fourth-order valence-electron chi connectivity index (χ4n) is 1.28. The fourth-order valence-corrected chi connectivity index (χ4v) is 2.04. The Labute approximate surface area is 105 Å². The number of nitrogens with one attached hydrogen (secondary N) is 1. The van der Waals surface area contributed by atoms with Crippen LogP contribution in [0.25, 0.3) is 0 Å². The molecule has 2 aromatic rings. The number of aromatic nitrogens is 3. The van der Waals surface area contributed by atoms with Gasteiger partial charge < -0.3 is 5.32 Å². The van der Waals surface area contributed by atoms with E-state index in [0.717, 1.165) is 28.8 Å². The largest absolute Gasteiger partial charge is 0.369 e. The Morgan fingerprint density at radius 3 is 2.76 bits per heavy atom. The van der Waals surface area contributed by atoms with Crippen molar-refractivity contribution in [3.63, 3.8) is 0 Å². The second-order valence-electron chi connectivity index (χ2n) is 3.38. The van der Waals surface area contributed by atoms with E-state index in [9.17, 15) is 0 Å². The highest BCUT2D eigenvalue weighted by Gasteiger charge is 1.99. The molecule has 0 aliphatic carbocycles. The van der Waals surface area contributed by atoms with Crippen LogP contribution in [0.5, 0.6) is 0 Å². The molecule has 0 aliphatic rings. The summed E-state index contributed by atoms with van der Waals surface area (Å²) >= 11 is 1.66. The van der Waals surface area contributed by atoms with E-state index in [-0.39, 0.29) is 0 Å². The first-order valence-electron chi connectivity index (χ1n) is 5.47. The maximum absolute atomic E-state index is 4.34. The van der Waals surface area contributed by atoms with Crippen LogP contribution in [0.3, 0.4) is 0 Å². The van der Waals surface area contributed by atoms with Gasteiger partial charge in [-0.1, -0.05) is 17.8 Å². The van der Waals surface area contributed by atoms with Gasteiger partial charge in [0.15, 0.2) is 0 Å². The van der Waals surface area contributed by atoms with Gasteiger partial charge >= 0.3 is 0 Å². The molecule has 5 heteroatoms. The number of nitrogens with zero attached hydrogens (tertiary/aromatic N) is 3. The second kappa shape index (κ2) is 6.20. The first-order chi connectivity index (χ1) is 8.38. The highest BCUT2D eigenvalue weighted by Crippen LogP contribution is 2.18. The van der Waals surface area contributed by atoms with E-state index in [2.05, 4.69) is 20.3 Å². The minimum atomic E-state index is 0.788. The standard InChI is InChI=1S/C12H14N4S/c1-2-13-11-8-15-10(7-16-11)9-17-12-5-3-4-6-14-12/h3-8H,2,9H2,1H3,(H,13,16). The molecule has 0 fully saturated rings. The van der Waals surface area contributed by atoms with Crippen molar-refractivity contribution in [1.29, 1.82) is 0 Å². The molecule has 1 N–H and O–H groups in total. The van der Waals surface area contributed by atoms with E-state index in [0.29, 0.717) is 0 Å². The van der Waals surface area contributed by atoms with E-state index in [1.807, 2.05) is 25.1 Å². The number of hydrogen-bond acceptors (Lipinski definition) is 5. The van der Waals surface area contributed by atoms with Crippen LogP contribution < -0.4 is 5.32 Å². The summed E-state index contributed by atoms with van der Waals surface area (Å²) in [5.74, 6) is 1.61. The molecule has 0 unspecified atom stereocenters. The summed E-state index contributed by atoms with van der Waals surface area (Å²) in [4.78, 5) is 12.9. The molecule has 2 aromatic heterocycles. The smallest absolute Gasteiger partial charge is 0.144 e. The van der Waals surface area contributed by atoms with Crippen LogP contribution in [-0.2, 0) is 5.75 Å². The molecule has 4 nitrogen and oxygen atoms in total. The van der Waals surface area contributed by atoms with Gasteiger partial charge in [-0.2, -0.15) is 0 Å². The van der Waals surface area contributed by atoms with Gasteiger partial charge in [0.1, 0.15) is 5.82 Å². The van der Waals surface area contributed by atoms with Crippen LogP contribution in [0.2, 0.25) is 0 Å². The summed E-state index contributed by atoms with van der Waals surface area (Å²) in [6.07, 6.45) is 5.36. The van der Waals surface area contributed by atoms with Crippen molar-refractivity contribution in [1.82, 2.24) is 15.0 Å². The average Bonchev–Trinajstić information content (AvgIpc) is 2.40. The molecular weight excluding hydrogens is 232 g/mol. The molecule has 2 heterocycles. The molecule has 0 aliphatic heterocycles. The zero-order chi connectivity index (χ0) is 11.9. The van der Waals surface area contributed by atoms with Crippen molar-refractivity contribution in [3.8, 4) is 0 Å². The minimum absolute atomic E-state index is 0.788. The Morgan fingerprint density at radius 1 is 1.18 bits per heavy atom. The van der Waals surface area contributed by atoms with Gasteiger partial charge in [0, 0.05) is 18.5 Å². The van der Waals surface area contributed by atoms with Crippen LogP contribution in [0.1, 0.15) is 12.6 Å². The van der Waals surface area contributed by atoms with Crippen molar-refractivity contribution < 1.29 is 0 Å². The summed E-state index contributed by atoms with van der Waals surface area (Å²) < 4.78 is 0. The lowest BCUT2D eigenvalue weighted by molar-refractivity contribution is 1.06. The zero-order valence-electron chi connectivity index (χ0n) is 9.63. The number of rotatable bonds is 5. The number of anilines is 1. The van der Waals surface area contributed by atoms with Gasteiger partial charge in [-0.15, -0.1) is 0 Å². The molecule has 2 rings (SSSR count). The molecule has 0 saturated heterocycles. The first-order valence-corrected chi connectivity index (χ1v) is 6.45. The molecule has 0 amide bonds. The van der Waals surface area contributed by atoms with Crippen LogP contribution in [0.4, 0.5) is 5.82 Å². The van der Waals surface area contributed by atoms with Crippen LogP contribution in [0.15, 0.2) is 41.8 Å². The topological polar surface area (TPSA) is 50.7 Å². The van der Waals surface area contributed by atoms with Crippen LogP contribution >= 0.6 is 11.8 Å². The Kier molecular flexibility index (Phi) is 4.32. The van der Waals surface area contributed by atoms with Crippen molar-refractivity contribution in [2.75, 3.05) is 11.9 Å². The van der Waals surface area contributed by atoms with Gasteiger partial charge in [0.05, 0.1) is 23.1 Å².